The number of aromatic nitrogens is 2. The highest BCUT2D eigenvalue weighted by Gasteiger charge is 2.30. The third-order valence-corrected chi connectivity index (χ3v) is 5.97. The summed E-state index contributed by atoms with van der Waals surface area (Å²) in [6.07, 6.45) is 11.3. The van der Waals surface area contributed by atoms with Crippen molar-refractivity contribution in [2.45, 2.75) is 65.5 Å². The molecule has 1 unspecified atom stereocenters. The van der Waals surface area contributed by atoms with Crippen molar-refractivity contribution in [3.8, 4) is 0 Å². The summed E-state index contributed by atoms with van der Waals surface area (Å²) in [6, 6.07) is 4.05. The van der Waals surface area contributed by atoms with Gasteiger partial charge in [0, 0.05) is 53.5 Å². The first kappa shape index (κ1) is 20.4. The molecule has 4 rings (SSSR count). The Balaban J connectivity index is 1.69. The maximum Gasteiger partial charge on any atom is 0.258 e. The molecule has 2 aliphatic rings. The van der Waals surface area contributed by atoms with E-state index in [-0.39, 0.29) is 17.4 Å². The number of allylic oxidation sites excluding steroid dienone is 2. The Morgan fingerprint density at radius 3 is 2.77 bits per heavy atom. The second-order valence-electron chi connectivity index (χ2n) is 8.32. The molecule has 0 spiro atoms. The molecule has 0 bridgehead atoms. The van der Waals surface area contributed by atoms with E-state index in [4.69, 9.17) is 0 Å². The highest BCUT2D eigenvalue weighted by atomic mass is 16.2. The largest absolute Gasteiger partial charge is 0.384 e. The molecule has 2 aromatic rings. The number of dihydropyridines is 1. The van der Waals surface area contributed by atoms with E-state index in [2.05, 4.69) is 35.5 Å². The minimum atomic E-state index is -0.0246. The third-order valence-electron chi connectivity index (χ3n) is 5.97. The molecule has 3 heterocycles. The maximum atomic E-state index is 13.3. The normalized spacial score (nSPS) is 18.6. The predicted molar refractivity (Wildman–Crippen MR) is 121 cm³/mol. The van der Waals surface area contributed by atoms with Crippen LogP contribution in [0.3, 0.4) is 0 Å². The minimum Gasteiger partial charge on any atom is -0.384 e. The highest BCUT2D eigenvalue weighted by Crippen LogP contribution is 2.31. The molecule has 0 aromatic carbocycles. The number of pyridine rings is 2. The van der Waals surface area contributed by atoms with Crippen LogP contribution in [0, 0.1) is 5.92 Å². The zero-order valence-electron chi connectivity index (χ0n) is 18.0. The first-order valence-electron chi connectivity index (χ1n) is 11.0. The summed E-state index contributed by atoms with van der Waals surface area (Å²) in [7, 11) is 0. The smallest absolute Gasteiger partial charge is 0.258 e. The lowest BCUT2D eigenvalue weighted by molar-refractivity contribution is -0.117. The molecule has 1 aliphatic carbocycles. The average Bonchev–Trinajstić information content (AvgIpc) is 3.58. The number of anilines is 1. The van der Waals surface area contributed by atoms with E-state index in [1.165, 1.54) is 12.8 Å². The first-order chi connectivity index (χ1) is 14.5. The van der Waals surface area contributed by atoms with Crippen LogP contribution in [0.15, 0.2) is 41.0 Å². The van der Waals surface area contributed by atoms with E-state index >= 15 is 0 Å². The number of hydrogen-bond donors (Lipinski definition) is 2. The van der Waals surface area contributed by atoms with E-state index in [1.807, 2.05) is 19.2 Å². The van der Waals surface area contributed by atoms with Crippen LogP contribution in [0.2, 0.25) is 0 Å². The zero-order chi connectivity index (χ0) is 21.3. The monoisotopic (exact) mass is 406 g/mol. The summed E-state index contributed by atoms with van der Waals surface area (Å²) < 4.78 is 1.76. The molecular formula is C24H30N4O2. The lowest BCUT2D eigenvalue weighted by Gasteiger charge is -2.23. The van der Waals surface area contributed by atoms with Crippen molar-refractivity contribution in [2.24, 2.45) is 5.92 Å². The number of nitrogens with one attached hydrogen (secondary N) is 2. The van der Waals surface area contributed by atoms with Crippen LogP contribution >= 0.6 is 0 Å². The molecule has 2 aromatic heterocycles. The molecular weight excluding hydrogens is 376 g/mol. The fraction of sp³-hybridized carbons (Fsp3) is 0.458. The van der Waals surface area contributed by atoms with Gasteiger partial charge in [0.1, 0.15) is 5.82 Å². The standard InChI is InChI=1S/C24H30N4O2/c1-4-6-7-18-10-15(3)20(14-25-18)19-11-17-13-26-22(27-23(29)16-8-9-16)12-21(17)28(5-2)24(19)30/h10-14,16,18,25H,4-9H2,1-3H3,(H,26,27,29). The Bertz CT molecular complexity index is 1090. The van der Waals surface area contributed by atoms with Gasteiger partial charge in [0.25, 0.3) is 5.56 Å². The third kappa shape index (κ3) is 4.04. The van der Waals surface area contributed by atoms with Gasteiger partial charge in [-0.15, -0.1) is 0 Å². The number of nitrogens with zero attached hydrogens (tertiary/aromatic N) is 2. The van der Waals surface area contributed by atoms with Gasteiger partial charge in [-0.2, -0.15) is 0 Å². The first-order valence-corrected chi connectivity index (χ1v) is 11.0. The number of amides is 1. The van der Waals surface area contributed by atoms with Gasteiger partial charge in [-0.05, 0) is 44.7 Å². The van der Waals surface area contributed by atoms with Crippen molar-refractivity contribution >= 4 is 28.2 Å². The van der Waals surface area contributed by atoms with Gasteiger partial charge in [0.2, 0.25) is 5.91 Å². The van der Waals surface area contributed by atoms with Crippen LogP contribution in [0.5, 0.6) is 0 Å². The SMILES string of the molecule is CCCCC1C=C(C)C(c2cc3cnc(NC(=O)C4CC4)cc3n(CC)c2=O)=CN1. The number of carbonyl (C=O) groups is 1. The molecule has 6 nitrogen and oxygen atoms in total. The van der Waals surface area contributed by atoms with Crippen LogP contribution < -0.4 is 16.2 Å². The van der Waals surface area contributed by atoms with Crippen LogP contribution in [-0.2, 0) is 11.3 Å². The Hall–Kier alpha value is -2.89. The number of rotatable bonds is 7. The van der Waals surface area contributed by atoms with Gasteiger partial charge in [0.15, 0.2) is 0 Å². The minimum absolute atomic E-state index is 0.0145. The molecule has 0 radical (unpaired) electrons. The Kier molecular flexibility index (Phi) is 5.75. The topological polar surface area (TPSA) is 76.0 Å². The Morgan fingerprint density at radius 1 is 1.30 bits per heavy atom. The quantitative estimate of drug-likeness (QED) is 0.722. The van der Waals surface area contributed by atoms with Crippen molar-refractivity contribution in [2.75, 3.05) is 5.32 Å². The fourth-order valence-electron chi connectivity index (χ4n) is 4.05. The lowest BCUT2D eigenvalue weighted by atomic mass is 9.94. The average molecular weight is 407 g/mol. The summed E-state index contributed by atoms with van der Waals surface area (Å²) in [5.41, 5.74) is 3.50. The van der Waals surface area contributed by atoms with Crippen molar-refractivity contribution in [3.05, 3.63) is 52.1 Å². The van der Waals surface area contributed by atoms with E-state index in [9.17, 15) is 9.59 Å². The van der Waals surface area contributed by atoms with Gasteiger partial charge in [-0.25, -0.2) is 4.98 Å². The molecule has 6 heteroatoms. The summed E-state index contributed by atoms with van der Waals surface area (Å²) >= 11 is 0. The van der Waals surface area contributed by atoms with Crippen molar-refractivity contribution in [1.29, 1.82) is 0 Å². The number of unbranched alkanes of at least 4 members (excludes halogenated alkanes) is 1. The molecule has 2 N–H and O–H groups in total. The summed E-state index contributed by atoms with van der Waals surface area (Å²) in [6.45, 7) is 6.77. The molecule has 1 aliphatic heterocycles. The van der Waals surface area contributed by atoms with E-state index in [0.29, 0.717) is 24.0 Å². The predicted octanol–water partition coefficient (Wildman–Crippen LogP) is 4.21. The summed E-state index contributed by atoms with van der Waals surface area (Å²) in [5.74, 6) is 0.628. The van der Waals surface area contributed by atoms with Gasteiger partial charge in [0.05, 0.1) is 5.52 Å². The molecule has 1 fully saturated rings. The van der Waals surface area contributed by atoms with E-state index in [1.54, 1.807) is 16.8 Å². The molecule has 0 saturated heterocycles. The van der Waals surface area contributed by atoms with Gasteiger partial charge < -0.3 is 15.2 Å². The van der Waals surface area contributed by atoms with E-state index in [0.717, 1.165) is 41.3 Å². The number of aryl methyl sites for hydroxylation is 1. The van der Waals surface area contributed by atoms with Crippen molar-refractivity contribution < 1.29 is 4.79 Å². The molecule has 1 amide bonds. The second kappa shape index (κ2) is 8.46. The highest BCUT2D eigenvalue weighted by molar-refractivity contribution is 5.95. The molecule has 30 heavy (non-hydrogen) atoms. The van der Waals surface area contributed by atoms with Gasteiger partial charge in [-0.3, -0.25) is 9.59 Å². The Labute approximate surface area is 177 Å². The van der Waals surface area contributed by atoms with Crippen molar-refractivity contribution in [3.63, 3.8) is 0 Å². The summed E-state index contributed by atoms with van der Waals surface area (Å²) in [5, 5.41) is 7.21. The van der Waals surface area contributed by atoms with E-state index < -0.39 is 0 Å². The van der Waals surface area contributed by atoms with Crippen LogP contribution in [0.1, 0.15) is 58.4 Å². The van der Waals surface area contributed by atoms with Crippen LogP contribution in [0.25, 0.3) is 16.5 Å². The number of hydrogen-bond acceptors (Lipinski definition) is 4. The van der Waals surface area contributed by atoms with Gasteiger partial charge in [-0.1, -0.05) is 25.8 Å². The summed E-state index contributed by atoms with van der Waals surface area (Å²) in [4.78, 5) is 29.8. The zero-order valence-corrected chi connectivity index (χ0v) is 18.0. The molecule has 1 atom stereocenters. The van der Waals surface area contributed by atoms with Crippen molar-refractivity contribution in [1.82, 2.24) is 14.9 Å². The number of fused-ring (bicyclic) bond motifs is 1. The number of carbonyl (C=O) groups excluding carboxylic acids is 1. The molecule has 1 saturated carbocycles. The second-order valence-corrected chi connectivity index (χ2v) is 8.32. The Morgan fingerprint density at radius 2 is 2.10 bits per heavy atom. The van der Waals surface area contributed by atoms with Gasteiger partial charge >= 0.3 is 0 Å². The maximum absolute atomic E-state index is 13.3. The lowest BCUT2D eigenvalue weighted by Crippen LogP contribution is -2.29. The molecule has 158 valence electrons. The van der Waals surface area contributed by atoms with Crippen LogP contribution in [-0.4, -0.2) is 21.5 Å². The fourth-order valence-corrected chi connectivity index (χ4v) is 4.05. The van der Waals surface area contributed by atoms with Crippen LogP contribution in [0.4, 0.5) is 5.82 Å².